The summed E-state index contributed by atoms with van der Waals surface area (Å²) in [6, 6.07) is 0. The highest BCUT2D eigenvalue weighted by molar-refractivity contribution is 5.74. The normalized spacial score (nSPS) is 26.6. The first-order valence-electron chi connectivity index (χ1n) is 5.07. The zero-order valence-electron chi connectivity index (χ0n) is 8.95. The van der Waals surface area contributed by atoms with Gasteiger partial charge in [-0.25, -0.2) is 0 Å². The molecule has 0 N–H and O–H groups in total. The molecule has 2 atom stereocenters. The summed E-state index contributed by atoms with van der Waals surface area (Å²) in [6.45, 7) is 8.39. The Hall–Kier alpha value is -1.05. The van der Waals surface area contributed by atoms with Crippen molar-refractivity contribution in [3.63, 3.8) is 0 Å². The summed E-state index contributed by atoms with van der Waals surface area (Å²) >= 11 is 0. The number of rotatable bonds is 3. The maximum Gasteiger partial charge on any atom is 0.309 e. The third-order valence-electron chi connectivity index (χ3n) is 2.60. The van der Waals surface area contributed by atoms with E-state index in [9.17, 15) is 4.79 Å². The fraction of sp³-hybridized carbons (Fsp3) is 0.583. The van der Waals surface area contributed by atoms with E-state index in [4.69, 9.17) is 4.74 Å². The van der Waals surface area contributed by atoms with Crippen molar-refractivity contribution in [3.8, 4) is 0 Å². The second-order valence-corrected chi connectivity index (χ2v) is 3.98. The van der Waals surface area contributed by atoms with E-state index in [0.717, 1.165) is 12.8 Å². The second kappa shape index (κ2) is 4.99. The molecular formula is C12H18O2. The van der Waals surface area contributed by atoms with Gasteiger partial charge in [0.25, 0.3) is 0 Å². The Labute approximate surface area is 85.6 Å². The van der Waals surface area contributed by atoms with Gasteiger partial charge in [0.15, 0.2) is 0 Å². The van der Waals surface area contributed by atoms with Crippen molar-refractivity contribution in [3.05, 3.63) is 24.3 Å². The quantitative estimate of drug-likeness (QED) is 0.510. The summed E-state index contributed by atoms with van der Waals surface area (Å²) in [7, 11) is 0. The average molecular weight is 194 g/mol. The van der Waals surface area contributed by atoms with Crippen LogP contribution in [0.15, 0.2) is 24.3 Å². The predicted octanol–water partition coefficient (Wildman–Crippen LogP) is 2.71. The first-order chi connectivity index (χ1) is 6.65. The highest BCUT2D eigenvalue weighted by Crippen LogP contribution is 2.27. The fourth-order valence-corrected chi connectivity index (χ4v) is 1.69. The number of hydrogen-bond donors (Lipinski definition) is 0. The number of cyclic esters (lactones) is 1. The number of hydrogen-bond acceptors (Lipinski definition) is 2. The van der Waals surface area contributed by atoms with Crippen LogP contribution < -0.4 is 0 Å². The Morgan fingerprint density at radius 1 is 1.64 bits per heavy atom. The third kappa shape index (κ3) is 2.72. The standard InChI is InChI=1S/C12H18O2/c1-4-10-7-8-14-12(13)11(10)6-5-9(2)3/h4-5,10-11H,1,6-8H2,2-3H3/t10-,11+/m0/s1. The van der Waals surface area contributed by atoms with Gasteiger partial charge in [-0.2, -0.15) is 0 Å². The molecule has 1 aliphatic rings. The van der Waals surface area contributed by atoms with Gasteiger partial charge in [-0.3, -0.25) is 4.79 Å². The molecule has 0 aromatic heterocycles. The zero-order valence-corrected chi connectivity index (χ0v) is 8.95. The van der Waals surface area contributed by atoms with E-state index in [-0.39, 0.29) is 17.8 Å². The van der Waals surface area contributed by atoms with E-state index < -0.39 is 0 Å². The molecule has 0 aromatic rings. The maximum absolute atomic E-state index is 11.5. The number of carbonyl (C=O) groups excluding carboxylic acids is 1. The van der Waals surface area contributed by atoms with Crippen LogP contribution in [0, 0.1) is 11.8 Å². The topological polar surface area (TPSA) is 26.3 Å². The van der Waals surface area contributed by atoms with Crippen LogP contribution in [0.1, 0.15) is 26.7 Å². The zero-order chi connectivity index (χ0) is 10.6. The van der Waals surface area contributed by atoms with Crippen LogP contribution in [0.25, 0.3) is 0 Å². The molecule has 1 saturated heterocycles. The van der Waals surface area contributed by atoms with Crippen molar-refractivity contribution in [1.82, 2.24) is 0 Å². The minimum absolute atomic E-state index is 0.0175. The van der Waals surface area contributed by atoms with Gasteiger partial charge in [0.05, 0.1) is 12.5 Å². The van der Waals surface area contributed by atoms with Gasteiger partial charge in [0, 0.05) is 0 Å². The molecule has 0 unspecified atom stereocenters. The minimum Gasteiger partial charge on any atom is -0.465 e. The van der Waals surface area contributed by atoms with Gasteiger partial charge >= 0.3 is 5.97 Å². The van der Waals surface area contributed by atoms with Gasteiger partial charge < -0.3 is 4.74 Å². The third-order valence-corrected chi connectivity index (χ3v) is 2.60. The maximum atomic E-state index is 11.5. The summed E-state index contributed by atoms with van der Waals surface area (Å²) in [4.78, 5) is 11.5. The lowest BCUT2D eigenvalue weighted by Crippen LogP contribution is -2.31. The number of esters is 1. The summed E-state index contributed by atoms with van der Waals surface area (Å²) < 4.78 is 5.04. The summed E-state index contributed by atoms with van der Waals surface area (Å²) in [5.41, 5.74) is 1.24. The molecule has 1 rings (SSSR count). The summed E-state index contributed by atoms with van der Waals surface area (Å²) in [5, 5.41) is 0. The molecule has 0 bridgehead atoms. The lowest BCUT2D eigenvalue weighted by Gasteiger charge is -2.27. The molecule has 1 heterocycles. The lowest BCUT2D eigenvalue weighted by molar-refractivity contribution is -0.155. The predicted molar refractivity (Wildman–Crippen MR) is 56.8 cm³/mol. The second-order valence-electron chi connectivity index (χ2n) is 3.98. The SMILES string of the molecule is C=C[C@H]1CCOC(=O)[C@@H]1CC=C(C)C. The Morgan fingerprint density at radius 3 is 2.93 bits per heavy atom. The Kier molecular flexibility index (Phi) is 3.93. The number of allylic oxidation sites excluding steroid dienone is 3. The van der Waals surface area contributed by atoms with E-state index in [1.807, 2.05) is 19.9 Å². The molecule has 0 spiro atoms. The number of carbonyl (C=O) groups is 1. The summed E-state index contributed by atoms with van der Waals surface area (Å²) in [6.07, 6.45) is 5.66. The molecule has 1 fully saturated rings. The van der Waals surface area contributed by atoms with Crippen molar-refractivity contribution in [2.24, 2.45) is 11.8 Å². The van der Waals surface area contributed by atoms with Crippen molar-refractivity contribution < 1.29 is 9.53 Å². The molecule has 0 radical (unpaired) electrons. The molecule has 1 aliphatic heterocycles. The van der Waals surface area contributed by atoms with Gasteiger partial charge in [-0.15, -0.1) is 6.58 Å². The number of ether oxygens (including phenoxy) is 1. The molecule has 2 nitrogen and oxygen atoms in total. The van der Waals surface area contributed by atoms with Gasteiger partial charge in [0.1, 0.15) is 0 Å². The van der Waals surface area contributed by atoms with Crippen molar-refractivity contribution in [2.75, 3.05) is 6.61 Å². The molecule has 0 aliphatic carbocycles. The first-order valence-corrected chi connectivity index (χ1v) is 5.07. The van der Waals surface area contributed by atoms with Crippen molar-refractivity contribution in [1.29, 1.82) is 0 Å². The van der Waals surface area contributed by atoms with E-state index in [1.54, 1.807) is 0 Å². The Morgan fingerprint density at radius 2 is 2.36 bits per heavy atom. The monoisotopic (exact) mass is 194 g/mol. The average Bonchev–Trinajstić information content (AvgIpc) is 2.15. The van der Waals surface area contributed by atoms with Gasteiger partial charge in [-0.1, -0.05) is 17.7 Å². The van der Waals surface area contributed by atoms with Crippen molar-refractivity contribution >= 4 is 5.97 Å². The van der Waals surface area contributed by atoms with Crippen LogP contribution >= 0.6 is 0 Å². The molecule has 0 aromatic carbocycles. The molecule has 14 heavy (non-hydrogen) atoms. The largest absolute Gasteiger partial charge is 0.465 e. The summed E-state index contributed by atoms with van der Waals surface area (Å²) in [5.74, 6) is 0.196. The molecule has 2 heteroatoms. The molecule has 0 saturated carbocycles. The molecule has 78 valence electrons. The first kappa shape index (κ1) is 11.0. The Bertz CT molecular complexity index is 249. The molecular weight excluding hydrogens is 176 g/mol. The van der Waals surface area contributed by atoms with Gasteiger partial charge in [-0.05, 0) is 32.6 Å². The molecule has 0 amide bonds. The van der Waals surface area contributed by atoms with Crippen LogP contribution in [-0.2, 0) is 9.53 Å². The van der Waals surface area contributed by atoms with Gasteiger partial charge in [0.2, 0.25) is 0 Å². The Balaban J connectivity index is 2.64. The van der Waals surface area contributed by atoms with E-state index >= 15 is 0 Å². The van der Waals surface area contributed by atoms with Crippen LogP contribution in [0.4, 0.5) is 0 Å². The smallest absolute Gasteiger partial charge is 0.309 e. The van der Waals surface area contributed by atoms with Crippen molar-refractivity contribution in [2.45, 2.75) is 26.7 Å². The lowest BCUT2D eigenvalue weighted by atomic mass is 9.85. The van der Waals surface area contributed by atoms with Crippen LogP contribution in [0.3, 0.4) is 0 Å². The van der Waals surface area contributed by atoms with E-state index in [0.29, 0.717) is 6.61 Å². The van der Waals surface area contributed by atoms with E-state index in [2.05, 4.69) is 12.7 Å². The highest BCUT2D eigenvalue weighted by Gasteiger charge is 2.30. The van der Waals surface area contributed by atoms with Crippen LogP contribution in [0.5, 0.6) is 0 Å². The fourth-order valence-electron chi connectivity index (χ4n) is 1.69. The van der Waals surface area contributed by atoms with Crippen LogP contribution in [0.2, 0.25) is 0 Å². The van der Waals surface area contributed by atoms with Crippen LogP contribution in [-0.4, -0.2) is 12.6 Å². The minimum atomic E-state index is -0.0707. The highest BCUT2D eigenvalue weighted by atomic mass is 16.5. The van der Waals surface area contributed by atoms with E-state index in [1.165, 1.54) is 5.57 Å².